The second-order valence-electron chi connectivity index (χ2n) is 6.02. The van der Waals surface area contributed by atoms with Gasteiger partial charge in [-0.15, -0.1) is 0 Å². The molecule has 1 heterocycles. The first-order valence-corrected chi connectivity index (χ1v) is 8.63. The number of nitrogens with zero attached hydrogens (tertiary/aromatic N) is 1. The molecule has 1 amide bonds. The number of amides is 1. The molecular weight excluding hydrogens is 290 g/mol. The molecule has 5 heteroatoms. The van der Waals surface area contributed by atoms with E-state index >= 15 is 0 Å². The van der Waals surface area contributed by atoms with Crippen LogP contribution in [0.1, 0.15) is 25.3 Å². The number of hydrogen-bond donors (Lipinski definition) is 2. The van der Waals surface area contributed by atoms with Crippen LogP contribution in [0, 0.1) is 0 Å². The summed E-state index contributed by atoms with van der Waals surface area (Å²) in [5, 5.41) is 6.23. The third-order valence-electron chi connectivity index (χ3n) is 3.94. The highest BCUT2D eigenvalue weighted by Gasteiger charge is 2.22. The fourth-order valence-corrected chi connectivity index (χ4v) is 2.76. The SMILES string of the molecule is CCCNCCNC(=O)CC1CN(Cc2ccccc2)CCO1. The van der Waals surface area contributed by atoms with Gasteiger partial charge in [0.15, 0.2) is 0 Å². The minimum absolute atomic E-state index is 0.00365. The molecule has 0 radical (unpaired) electrons. The van der Waals surface area contributed by atoms with Gasteiger partial charge >= 0.3 is 0 Å². The minimum Gasteiger partial charge on any atom is -0.375 e. The van der Waals surface area contributed by atoms with E-state index in [4.69, 9.17) is 4.74 Å². The van der Waals surface area contributed by atoms with Crippen molar-refractivity contribution in [1.29, 1.82) is 0 Å². The first-order chi connectivity index (χ1) is 11.3. The lowest BCUT2D eigenvalue weighted by atomic mass is 10.1. The maximum absolute atomic E-state index is 12.0. The standard InChI is InChI=1S/C18H29N3O2/c1-2-8-19-9-10-20-18(22)13-17-15-21(11-12-23-17)14-16-6-4-3-5-7-16/h3-7,17,19H,2,8-15H2,1H3,(H,20,22). The summed E-state index contributed by atoms with van der Waals surface area (Å²) >= 11 is 0. The molecule has 2 rings (SSSR count). The van der Waals surface area contributed by atoms with Crippen LogP contribution in [0.2, 0.25) is 0 Å². The number of ether oxygens (including phenoxy) is 1. The summed E-state index contributed by atoms with van der Waals surface area (Å²) in [6, 6.07) is 10.4. The molecule has 1 aliphatic rings. The van der Waals surface area contributed by atoms with E-state index in [0.29, 0.717) is 19.6 Å². The number of morpholine rings is 1. The van der Waals surface area contributed by atoms with Crippen molar-refractivity contribution in [3.63, 3.8) is 0 Å². The number of hydrogen-bond acceptors (Lipinski definition) is 4. The first kappa shape index (κ1) is 17.9. The van der Waals surface area contributed by atoms with Crippen molar-refractivity contribution in [2.75, 3.05) is 39.3 Å². The van der Waals surface area contributed by atoms with Crippen molar-refractivity contribution >= 4 is 5.91 Å². The molecule has 2 N–H and O–H groups in total. The monoisotopic (exact) mass is 319 g/mol. The first-order valence-electron chi connectivity index (χ1n) is 8.63. The zero-order valence-corrected chi connectivity index (χ0v) is 14.1. The van der Waals surface area contributed by atoms with Crippen LogP contribution >= 0.6 is 0 Å². The van der Waals surface area contributed by atoms with Gasteiger partial charge < -0.3 is 15.4 Å². The molecule has 0 saturated carbocycles. The third-order valence-corrected chi connectivity index (χ3v) is 3.94. The molecule has 5 nitrogen and oxygen atoms in total. The van der Waals surface area contributed by atoms with E-state index in [1.807, 2.05) is 6.07 Å². The summed E-state index contributed by atoms with van der Waals surface area (Å²) in [5.74, 6) is 0.0786. The van der Waals surface area contributed by atoms with Crippen LogP contribution in [0.25, 0.3) is 0 Å². The predicted octanol–water partition coefficient (Wildman–Crippen LogP) is 1.39. The molecule has 0 bridgehead atoms. The Kier molecular flexibility index (Phi) is 8.07. The molecule has 1 aliphatic heterocycles. The van der Waals surface area contributed by atoms with Gasteiger partial charge in [0.25, 0.3) is 0 Å². The average molecular weight is 319 g/mol. The maximum atomic E-state index is 12.0. The summed E-state index contributed by atoms with van der Waals surface area (Å²) in [6.45, 7) is 7.99. The molecule has 0 aliphatic carbocycles. The molecule has 1 fully saturated rings. The van der Waals surface area contributed by atoms with Crippen LogP contribution in [0.15, 0.2) is 30.3 Å². The molecule has 1 aromatic rings. The van der Waals surface area contributed by atoms with E-state index in [1.165, 1.54) is 5.56 Å². The van der Waals surface area contributed by atoms with E-state index in [1.54, 1.807) is 0 Å². The van der Waals surface area contributed by atoms with E-state index < -0.39 is 0 Å². The van der Waals surface area contributed by atoms with Crippen LogP contribution in [-0.4, -0.2) is 56.2 Å². The van der Waals surface area contributed by atoms with Crippen molar-refractivity contribution in [2.45, 2.75) is 32.4 Å². The van der Waals surface area contributed by atoms with Gasteiger partial charge in [0, 0.05) is 32.7 Å². The van der Waals surface area contributed by atoms with E-state index in [2.05, 4.69) is 46.7 Å². The Hall–Kier alpha value is -1.43. The van der Waals surface area contributed by atoms with Crippen LogP contribution in [0.5, 0.6) is 0 Å². The van der Waals surface area contributed by atoms with Gasteiger partial charge in [-0.2, -0.15) is 0 Å². The molecule has 0 aromatic heterocycles. The Morgan fingerprint density at radius 1 is 1.26 bits per heavy atom. The smallest absolute Gasteiger partial charge is 0.222 e. The summed E-state index contributed by atoms with van der Waals surface area (Å²) in [5.41, 5.74) is 1.31. The topological polar surface area (TPSA) is 53.6 Å². The van der Waals surface area contributed by atoms with Crippen molar-refractivity contribution in [2.24, 2.45) is 0 Å². The van der Waals surface area contributed by atoms with Gasteiger partial charge in [-0.1, -0.05) is 37.3 Å². The molecule has 0 spiro atoms. The predicted molar refractivity (Wildman–Crippen MR) is 92.2 cm³/mol. The number of rotatable bonds is 9. The highest BCUT2D eigenvalue weighted by Crippen LogP contribution is 2.12. The van der Waals surface area contributed by atoms with Crippen LogP contribution in [-0.2, 0) is 16.1 Å². The average Bonchev–Trinajstić information content (AvgIpc) is 2.56. The lowest BCUT2D eigenvalue weighted by molar-refractivity contribution is -0.126. The number of carbonyl (C=O) groups excluding carboxylic acids is 1. The quantitative estimate of drug-likeness (QED) is 0.676. The number of carbonyl (C=O) groups is 1. The second-order valence-corrected chi connectivity index (χ2v) is 6.02. The molecule has 1 aromatic carbocycles. The van der Waals surface area contributed by atoms with Gasteiger partial charge in [0.05, 0.1) is 19.1 Å². The van der Waals surface area contributed by atoms with Crippen molar-refractivity contribution in [1.82, 2.24) is 15.5 Å². The molecular formula is C18H29N3O2. The van der Waals surface area contributed by atoms with Crippen molar-refractivity contribution in [3.8, 4) is 0 Å². The van der Waals surface area contributed by atoms with Gasteiger partial charge in [0.1, 0.15) is 0 Å². The molecule has 1 saturated heterocycles. The van der Waals surface area contributed by atoms with Gasteiger partial charge in [0.2, 0.25) is 5.91 Å². The van der Waals surface area contributed by atoms with Gasteiger partial charge in [-0.05, 0) is 18.5 Å². The van der Waals surface area contributed by atoms with E-state index in [-0.39, 0.29) is 12.0 Å². The van der Waals surface area contributed by atoms with Crippen molar-refractivity contribution < 1.29 is 9.53 Å². The Balaban J connectivity index is 1.66. The Labute approximate surface area is 139 Å². The van der Waals surface area contributed by atoms with Crippen LogP contribution in [0.3, 0.4) is 0 Å². The zero-order valence-electron chi connectivity index (χ0n) is 14.1. The van der Waals surface area contributed by atoms with E-state index in [0.717, 1.165) is 39.1 Å². The summed E-state index contributed by atoms with van der Waals surface area (Å²) in [4.78, 5) is 14.3. The second kappa shape index (κ2) is 10.4. The third kappa shape index (κ3) is 7.12. The molecule has 1 unspecified atom stereocenters. The largest absolute Gasteiger partial charge is 0.375 e. The minimum atomic E-state index is -0.00365. The van der Waals surface area contributed by atoms with E-state index in [9.17, 15) is 4.79 Å². The Morgan fingerprint density at radius 3 is 2.87 bits per heavy atom. The summed E-state index contributed by atoms with van der Waals surface area (Å²) < 4.78 is 5.74. The number of nitrogens with one attached hydrogen (secondary N) is 2. The summed E-state index contributed by atoms with van der Waals surface area (Å²) in [7, 11) is 0. The summed E-state index contributed by atoms with van der Waals surface area (Å²) in [6.07, 6.45) is 1.55. The molecule has 23 heavy (non-hydrogen) atoms. The van der Waals surface area contributed by atoms with Crippen molar-refractivity contribution in [3.05, 3.63) is 35.9 Å². The van der Waals surface area contributed by atoms with Gasteiger partial charge in [-0.3, -0.25) is 9.69 Å². The molecule has 1 atom stereocenters. The number of benzene rings is 1. The van der Waals surface area contributed by atoms with Crippen LogP contribution in [0.4, 0.5) is 0 Å². The normalized spacial score (nSPS) is 18.7. The maximum Gasteiger partial charge on any atom is 0.222 e. The van der Waals surface area contributed by atoms with Gasteiger partial charge in [-0.25, -0.2) is 0 Å². The fraction of sp³-hybridized carbons (Fsp3) is 0.611. The highest BCUT2D eigenvalue weighted by molar-refractivity contribution is 5.76. The Bertz CT molecular complexity index is 453. The zero-order chi connectivity index (χ0) is 16.3. The highest BCUT2D eigenvalue weighted by atomic mass is 16.5. The lowest BCUT2D eigenvalue weighted by Crippen LogP contribution is -2.44. The molecule has 128 valence electrons. The lowest BCUT2D eigenvalue weighted by Gasteiger charge is -2.32. The van der Waals surface area contributed by atoms with Crippen LogP contribution < -0.4 is 10.6 Å². The Morgan fingerprint density at radius 2 is 2.09 bits per heavy atom. The fourth-order valence-electron chi connectivity index (χ4n) is 2.76.